The highest BCUT2D eigenvalue weighted by atomic mass is 16.5. The van der Waals surface area contributed by atoms with Crippen LogP contribution in [0, 0.1) is 5.92 Å². The van der Waals surface area contributed by atoms with Crippen LogP contribution in [0.25, 0.3) is 0 Å². The lowest BCUT2D eigenvalue weighted by atomic mass is 9.85. The van der Waals surface area contributed by atoms with E-state index in [1.54, 1.807) is 0 Å². The summed E-state index contributed by atoms with van der Waals surface area (Å²) in [6.45, 7) is 1.92. The molecule has 19 heavy (non-hydrogen) atoms. The van der Waals surface area contributed by atoms with E-state index in [0.717, 1.165) is 6.42 Å². The van der Waals surface area contributed by atoms with Crippen LogP contribution in [0.1, 0.15) is 45.4 Å². The Hall–Kier alpha value is -0.940. The fourth-order valence-electron chi connectivity index (χ4n) is 3.06. The van der Waals surface area contributed by atoms with Crippen molar-refractivity contribution in [1.82, 2.24) is 5.32 Å². The number of hydrogen-bond donors (Lipinski definition) is 2. The number of carbonyl (C=O) groups excluding carboxylic acids is 2. The highest BCUT2D eigenvalue weighted by Crippen LogP contribution is 2.26. The molecular weight excluding hydrogens is 244 g/mol. The zero-order chi connectivity index (χ0) is 13.8. The van der Waals surface area contributed by atoms with Gasteiger partial charge in [-0.3, -0.25) is 9.59 Å². The molecule has 1 amide bonds. The summed E-state index contributed by atoms with van der Waals surface area (Å²) in [7, 11) is 0. The molecule has 0 unspecified atom stereocenters. The number of ketones is 1. The number of hydrogen-bond acceptors (Lipinski definition) is 3. The molecule has 1 aliphatic heterocycles. The van der Waals surface area contributed by atoms with Crippen molar-refractivity contribution in [1.29, 1.82) is 0 Å². The van der Waals surface area contributed by atoms with Gasteiger partial charge in [-0.1, -0.05) is 32.1 Å². The fraction of sp³-hybridized carbons (Fsp3) is 0.857. The first-order chi connectivity index (χ1) is 9.08. The third-order valence-corrected chi connectivity index (χ3v) is 4.32. The minimum atomic E-state index is -0.483. The van der Waals surface area contributed by atoms with Gasteiger partial charge in [0.25, 0.3) is 5.91 Å². The molecule has 3 atom stereocenters. The van der Waals surface area contributed by atoms with Gasteiger partial charge in [-0.05, 0) is 12.8 Å². The van der Waals surface area contributed by atoms with Crippen LogP contribution in [-0.2, 0) is 14.3 Å². The lowest BCUT2D eigenvalue weighted by molar-refractivity contribution is -0.407. The molecule has 1 aliphatic carbocycles. The van der Waals surface area contributed by atoms with E-state index in [9.17, 15) is 9.59 Å². The van der Waals surface area contributed by atoms with Gasteiger partial charge in [-0.25, -0.2) is 0 Å². The SMILES string of the molecule is C[C@@H]1OCC(=O)[C@H]1NC(=O)[C@@H]([NH3+])CC1CCCCC1. The van der Waals surface area contributed by atoms with Gasteiger partial charge >= 0.3 is 0 Å². The molecule has 1 heterocycles. The second-order valence-corrected chi connectivity index (χ2v) is 5.91. The standard InChI is InChI=1S/C14H24N2O3/c1-9-13(12(17)8-19-9)16-14(18)11(15)7-10-5-3-2-4-6-10/h9-11,13H,2-8,15H2,1H3,(H,16,18)/p+1/t9-,11-,13-/m0/s1. The molecule has 1 saturated heterocycles. The van der Waals surface area contributed by atoms with Gasteiger partial charge in [0, 0.05) is 6.42 Å². The first kappa shape index (κ1) is 14.5. The maximum atomic E-state index is 12.1. The van der Waals surface area contributed by atoms with Crippen LogP contribution in [0.3, 0.4) is 0 Å². The van der Waals surface area contributed by atoms with Gasteiger partial charge in [-0.2, -0.15) is 0 Å². The van der Waals surface area contributed by atoms with Gasteiger partial charge < -0.3 is 15.8 Å². The molecule has 1 saturated carbocycles. The molecule has 2 fully saturated rings. The second-order valence-electron chi connectivity index (χ2n) is 5.91. The molecule has 5 nitrogen and oxygen atoms in total. The van der Waals surface area contributed by atoms with Gasteiger partial charge in [0.1, 0.15) is 12.6 Å². The summed E-state index contributed by atoms with van der Waals surface area (Å²) in [6, 6.07) is -0.744. The Bertz CT molecular complexity index is 340. The Balaban J connectivity index is 1.80. The molecule has 2 rings (SSSR count). The quantitative estimate of drug-likeness (QED) is 0.756. The molecule has 108 valence electrons. The van der Waals surface area contributed by atoms with Crippen molar-refractivity contribution >= 4 is 11.7 Å². The normalized spacial score (nSPS) is 30.3. The lowest BCUT2D eigenvalue weighted by Crippen LogP contribution is -2.69. The minimum Gasteiger partial charge on any atom is -0.368 e. The third kappa shape index (κ3) is 3.76. The van der Waals surface area contributed by atoms with E-state index in [-0.39, 0.29) is 30.4 Å². The first-order valence-corrected chi connectivity index (χ1v) is 7.35. The molecule has 0 radical (unpaired) electrons. The fourth-order valence-corrected chi connectivity index (χ4v) is 3.06. The number of ether oxygens (including phenoxy) is 1. The number of rotatable bonds is 4. The largest absolute Gasteiger partial charge is 0.368 e. The molecule has 4 N–H and O–H groups in total. The number of Topliss-reactive ketones (excluding diaryl/α,β-unsaturated/α-hetero) is 1. The van der Waals surface area contributed by atoms with Gasteiger partial charge in [-0.15, -0.1) is 0 Å². The van der Waals surface area contributed by atoms with E-state index in [2.05, 4.69) is 11.1 Å². The number of nitrogens with one attached hydrogen (secondary N) is 1. The van der Waals surface area contributed by atoms with Crippen molar-refractivity contribution in [3.8, 4) is 0 Å². The van der Waals surface area contributed by atoms with Crippen LogP contribution in [0.4, 0.5) is 0 Å². The van der Waals surface area contributed by atoms with Crippen LogP contribution < -0.4 is 11.1 Å². The minimum absolute atomic E-state index is 0.0364. The van der Waals surface area contributed by atoms with E-state index in [1.165, 1.54) is 32.1 Å². The summed E-state index contributed by atoms with van der Waals surface area (Å²) < 4.78 is 5.22. The average molecular weight is 269 g/mol. The maximum Gasteiger partial charge on any atom is 0.278 e. The summed E-state index contributed by atoms with van der Waals surface area (Å²) >= 11 is 0. The van der Waals surface area contributed by atoms with Crippen molar-refractivity contribution in [3.63, 3.8) is 0 Å². The summed E-state index contributed by atoms with van der Waals surface area (Å²) in [6.07, 6.45) is 6.88. The van der Waals surface area contributed by atoms with Crippen molar-refractivity contribution in [3.05, 3.63) is 0 Å². The number of carbonyl (C=O) groups is 2. The Morgan fingerprint density at radius 2 is 2.11 bits per heavy atom. The van der Waals surface area contributed by atoms with E-state index in [4.69, 9.17) is 4.74 Å². The number of amides is 1. The van der Waals surface area contributed by atoms with Crippen molar-refractivity contribution < 1.29 is 20.1 Å². The van der Waals surface area contributed by atoms with E-state index >= 15 is 0 Å². The van der Waals surface area contributed by atoms with Crippen LogP contribution >= 0.6 is 0 Å². The summed E-state index contributed by atoms with van der Waals surface area (Å²) in [5, 5.41) is 2.79. The topological polar surface area (TPSA) is 83.0 Å². The smallest absolute Gasteiger partial charge is 0.278 e. The average Bonchev–Trinajstić information content (AvgIpc) is 2.71. The summed E-state index contributed by atoms with van der Waals surface area (Å²) in [5.74, 6) is 0.474. The van der Waals surface area contributed by atoms with Crippen molar-refractivity contribution in [2.75, 3.05) is 6.61 Å². The molecular formula is C14H25N2O3+. The zero-order valence-electron chi connectivity index (χ0n) is 11.7. The molecule has 0 bridgehead atoms. The van der Waals surface area contributed by atoms with Crippen LogP contribution in [-0.4, -0.2) is 36.5 Å². The Labute approximate surface area is 114 Å². The van der Waals surface area contributed by atoms with E-state index < -0.39 is 6.04 Å². The molecule has 5 heteroatoms. The van der Waals surface area contributed by atoms with Gasteiger partial charge in [0.15, 0.2) is 11.8 Å². The maximum absolute atomic E-state index is 12.1. The predicted octanol–water partition coefficient (Wildman–Crippen LogP) is 0.0399. The predicted molar refractivity (Wildman–Crippen MR) is 70.2 cm³/mol. The molecule has 2 aliphatic rings. The Morgan fingerprint density at radius 3 is 2.68 bits per heavy atom. The van der Waals surface area contributed by atoms with Crippen LogP contribution in [0.2, 0.25) is 0 Å². The molecule has 0 aromatic heterocycles. The first-order valence-electron chi connectivity index (χ1n) is 7.35. The zero-order valence-corrected chi connectivity index (χ0v) is 11.7. The number of quaternary nitrogens is 1. The lowest BCUT2D eigenvalue weighted by Gasteiger charge is -2.23. The van der Waals surface area contributed by atoms with Crippen LogP contribution in [0.5, 0.6) is 0 Å². The summed E-state index contributed by atoms with van der Waals surface area (Å²) in [4.78, 5) is 23.7. The molecule has 0 spiro atoms. The van der Waals surface area contributed by atoms with Gasteiger partial charge in [0.2, 0.25) is 0 Å². The third-order valence-electron chi connectivity index (χ3n) is 4.32. The Morgan fingerprint density at radius 1 is 1.42 bits per heavy atom. The highest BCUT2D eigenvalue weighted by molar-refractivity contribution is 5.92. The highest BCUT2D eigenvalue weighted by Gasteiger charge is 2.35. The van der Waals surface area contributed by atoms with E-state index in [1.807, 2.05) is 6.92 Å². The monoisotopic (exact) mass is 269 g/mol. The van der Waals surface area contributed by atoms with Crippen LogP contribution in [0.15, 0.2) is 0 Å². The molecule has 0 aromatic rings. The summed E-state index contributed by atoms with van der Waals surface area (Å²) in [5.41, 5.74) is 3.96. The second kappa shape index (κ2) is 6.48. The van der Waals surface area contributed by atoms with E-state index in [0.29, 0.717) is 5.92 Å². The van der Waals surface area contributed by atoms with Crippen molar-refractivity contribution in [2.45, 2.75) is 63.6 Å². The van der Waals surface area contributed by atoms with Gasteiger partial charge in [0.05, 0.1) is 6.10 Å². The Kier molecular flexibility index (Phi) is 4.93. The van der Waals surface area contributed by atoms with Crippen molar-refractivity contribution in [2.24, 2.45) is 5.92 Å². The molecule has 0 aromatic carbocycles.